The van der Waals surface area contributed by atoms with Gasteiger partial charge < -0.3 is 4.74 Å². The molecule has 0 amide bonds. The number of nitrogens with zero attached hydrogens (tertiary/aromatic N) is 1. The van der Waals surface area contributed by atoms with Crippen molar-refractivity contribution in [3.63, 3.8) is 0 Å². The van der Waals surface area contributed by atoms with Gasteiger partial charge in [-0.15, -0.1) is 0 Å². The highest BCUT2D eigenvalue weighted by molar-refractivity contribution is 5.95. The lowest BCUT2D eigenvalue weighted by Gasteiger charge is -2.24. The molecule has 1 aromatic heterocycles. The number of ketones is 1. The number of halogens is 5. The molecule has 1 aromatic carbocycles. The maximum atomic E-state index is 13.9. The van der Waals surface area contributed by atoms with Gasteiger partial charge in [-0.1, -0.05) is 19.1 Å². The average Bonchev–Trinajstić information content (AvgIpc) is 2.55. The Labute approximate surface area is 140 Å². The molecule has 0 saturated heterocycles. The number of benzene rings is 1. The molecule has 3 nitrogen and oxygen atoms in total. The predicted octanol–water partition coefficient (Wildman–Crippen LogP) is 5.35. The number of pyridine rings is 1. The number of rotatable bonds is 5. The Bertz CT molecular complexity index is 770. The van der Waals surface area contributed by atoms with Crippen LogP contribution < -0.4 is 4.74 Å². The lowest BCUT2D eigenvalue weighted by Crippen LogP contribution is -2.34. The van der Waals surface area contributed by atoms with E-state index in [0.29, 0.717) is 6.92 Å². The number of hydrogen-bond acceptors (Lipinski definition) is 3. The van der Waals surface area contributed by atoms with Gasteiger partial charge in [0.1, 0.15) is 5.75 Å². The fourth-order valence-corrected chi connectivity index (χ4v) is 1.97. The fourth-order valence-electron chi connectivity index (χ4n) is 1.97. The van der Waals surface area contributed by atoms with Gasteiger partial charge in [0.15, 0.2) is 11.6 Å². The van der Waals surface area contributed by atoms with Gasteiger partial charge in [-0.25, -0.2) is 13.8 Å². The van der Waals surface area contributed by atoms with Crippen molar-refractivity contribution in [1.82, 2.24) is 4.98 Å². The van der Waals surface area contributed by atoms with Crippen molar-refractivity contribution in [3.8, 4) is 11.6 Å². The smallest absolute Gasteiger partial charge is 0.426 e. The molecule has 0 N–H and O–H groups in total. The van der Waals surface area contributed by atoms with E-state index in [2.05, 4.69) is 4.98 Å². The second-order valence-corrected chi connectivity index (χ2v) is 5.41. The van der Waals surface area contributed by atoms with Gasteiger partial charge in [0.2, 0.25) is 5.67 Å². The number of aromatic nitrogens is 1. The van der Waals surface area contributed by atoms with Crippen LogP contribution in [0.4, 0.5) is 22.0 Å². The molecule has 8 heteroatoms. The summed E-state index contributed by atoms with van der Waals surface area (Å²) < 4.78 is 70.8. The van der Waals surface area contributed by atoms with E-state index in [1.54, 1.807) is 6.92 Å². The predicted molar refractivity (Wildman–Crippen MR) is 79.8 cm³/mol. The van der Waals surface area contributed by atoms with Crippen LogP contribution in [0.3, 0.4) is 0 Å². The molecular weight excluding hydrogens is 345 g/mol. The highest BCUT2D eigenvalue weighted by Gasteiger charge is 2.53. The normalized spacial score (nSPS) is 14.0. The number of hydrogen-bond donors (Lipinski definition) is 0. The van der Waals surface area contributed by atoms with E-state index in [1.165, 1.54) is 0 Å². The van der Waals surface area contributed by atoms with E-state index >= 15 is 0 Å². The van der Waals surface area contributed by atoms with E-state index in [1.807, 2.05) is 0 Å². The van der Waals surface area contributed by atoms with Gasteiger partial charge >= 0.3 is 6.18 Å². The van der Waals surface area contributed by atoms with Crippen LogP contribution in [-0.2, 0) is 5.67 Å². The molecule has 0 aliphatic heterocycles. The van der Waals surface area contributed by atoms with Crippen LogP contribution in [0.5, 0.6) is 11.6 Å². The lowest BCUT2D eigenvalue weighted by atomic mass is 9.97. The third-order valence-electron chi connectivity index (χ3n) is 3.59. The van der Waals surface area contributed by atoms with Crippen molar-refractivity contribution in [3.05, 3.63) is 53.5 Å². The first-order chi connectivity index (χ1) is 11.6. The molecule has 0 spiro atoms. The first-order valence-electron chi connectivity index (χ1n) is 7.29. The summed E-state index contributed by atoms with van der Waals surface area (Å²) in [6.45, 7) is 2.03. The van der Waals surface area contributed by atoms with Gasteiger partial charge in [0.25, 0.3) is 5.88 Å². The van der Waals surface area contributed by atoms with Crippen molar-refractivity contribution in [2.24, 2.45) is 0 Å². The topological polar surface area (TPSA) is 39.2 Å². The Morgan fingerprint density at radius 3 is 2.24 bits per heavy atom. The number of carbonyl (C=O) groups is 1. The Hall–Kier alpha value is -2.51. The molecule has 25 heavy (non-hydrogen) atoms. The Balaban J connectivity index is 2.21. The van der Waals surface area contributed by atoms with E-state index < -0.39 is 29.1 Å². The van der Waals surface area contributed by atoms with Crippen molar-refractivity contribution >= 4 is 5.78 Å². The highest BCUT2D eigenvalue weighted by atomic mass is 19.4. The van der Waals surface area contributed by atoms with Crippen molar-refractivity contribution in [1.29, 1.82) is 0 Å². The van der Waals surface area contributed by atoms with E-state index in [-0.39, 0.29) is 23.5 Å². The largest absolute Gasteiger partial charge is 0.436 e. The molecule has 1 unspecified atom stereocenters. The molecule has 0 fully saturated rings. The molecule has 0 radical (unpaired) electrons. The van der Waals surface area contributed by atoms with Gasteiger partial charge in [0, 0.05) is 18.2 Å². The van der Waals surface area contributed by atoms with E-state index in [4.69, 9.17) is 4.74 Å². The molecule has 0 bridgehead atoms. The molecule has 0 saturated carbocycles. The maximum Gasteiger partial charge on any atom is 0.426 e. The molecule has 0 aliphatic carbocycles. The van der Waals surface area contributed by atoms with Gasteiger partial charge in [-0.3, -0.25) is 4.79 Å². The third kappa shape index (κ3) is 3.94. The quantitative estimate of drug-likeness (QED) is 0.533. The van der Waals surface area contributed by atoms with Gasteiger partial charge in [-0.2, -0.15) is 13.2 Å². The monoisotopic (exact) mass is 359 g/mol. The van der Waals surface area contributed by atoms with Crippen molar-refractivity contribution in [2.75, 3.05) is 0 Å². The lowest BCUT2D eigenvalue weighted by molar-refractivity contribution is -0.228. The second kappa shape index (κ2) is 6.78. The first-order valence-corrected chi connectivity index (χ1v) is 7.29. The van der Waals surface area contributed by atoms with Crippen LogP contribution in [0.15, 0.2) is 36.5 Å². The number of ether oxygens (including phenoxy) is 1. The highest BCUT2D eigenvalue weighted by Crippen LogP contribution is 2.42. The zero-order valence-electron chi connectivity index (χ0n) is 13.3. The average molecular weight is 359 g/mol. The minimum Gasteiger partial charge on any atom is -0.436 e. The zero-order valence-corrected chi connectivity index (χ0v) is 13.3. The first kappa shape index (κ1) is 18.8. The number of alkyl halides is 4. The van der Waals surface area contributed by atoms with Gasteiger partial charge in [0.05, 0.1) is 0 Å². The van der Waals surface area contributed by atoms with Crippen molar-refractivity contribution in [2.45, 2.75) is 32.1 Å². The van der Waals surface area contributed by atoms with Crippen LogP contribution in [-0.4, -0.2) is 16.9 Å². The summed E-state index contributed by atoms with van der Waals surface area (Å²) in [5, 5.41) is 0. The molecule has 134 valence electrons. The standard InChI is InChI=1S/C17H14F5NO2/c1-3-14(24)10-8-13(18)15(23-9-10)25-12-6-4-11(5-7-12)16(2,19)17(20,21)22/h4-9H,3H2,1-2H3. The summed E-state index contributed by atoms with van der Waals surface area (Å²) in [4.78, 5) is 15.2. The minimum atomic E-state index is -5.06. The second-order valence-electron chi connectivity index (χ2n) is 5.41. The SMILES string of the molecule is CCC(=O)c1cnc(Oc2ccc(C(C)(F)C(F)(F)F)cc2)c(F)c1. The summed E-state index contributed by atoms with van der Waals surface area (Å²) in [7, 11) is 0. The van der Waals surface area contributed by atoms with Crippen LogP contribution in [0, 0.1) is 5.82 Å². The molecule has 1 heterocycles. The summed E-state index contributed by atoms with van der Waals surface area (Å²) >= 11 is 0. The van der Waals surface area contributed by atoms with E-state index in [9.17, 15) is 26.7 Å². The summed E-state index contributed by atoms with van der Waals surface area (Å²) in [6, 6.07) is 4.91. The fraction of sp³-hybridized carbons (Fsp3) is 0.294. The molecule has 2 rings (SSSR count). The van der Waals surface area contributed by atoms with Crippen LogP contribution >= 0.6 is 0 Å². The molecule has 0 aliphatic rings. The molecular formula is C17H14F5NO2. The summed E-state index contributed by atoms with van der Waals surface area (Å²) in [6.07, 6.45) is -3.74. The number of carbonyl (C=O) groups excluding carboxylic acids is 1. The Morgan fingerprint density at radius 2 is 1.76 bits per heavy atom. The zero-order chi connectivity index (χ0) is 18.8. The molecule has 1 atom stereocenters. The number of Topliss-reactive ketones (excluding diaryl/α,β-unsaturated/α-hetero) is 1. The third-order valence-corrected chi connectivity index (χ3v) is 3.59. The van der Waals surface area contributed by atoms with Gasteiger partial charge in [-0.05, 0) is 30.7 Å². The van der Waals surface area contributed by atoms with E-state index in [0.717, 1.165) is 36.5 Å². The summed E-state index contributed by atoms with van der Waals surface area (Å²) in [5.41, 5.74) is -4.04. The van der Waals surface area contributed by atoms with Crippen LogP contribution in [0.1, 0.15) is 36.2 Å². The maximum absolute atomic E-state index is 13.9. The molecule has 2 aromatic rings. The van der Waals surface area contributed by atoms with Crippen molar-refractivity contribution < 1.29 is 31.5 Å². The summed E-state index contributed by atoms with van der Waals surface area (Å²) in [5.74, 6) is -1.66. The van der Waals surface area contributed by atoms with Crippen LogP contribution in [0.25, 0.3) is 0 Å². The van der Waals surface area contributed by atoms with Crippen LogP contribution in [0.2, 0.25) is 0 Å². The Kier molecular flexibility index (Phi) is 5.10. The minimum absolute atomic E-state index is 0.0253. The Morgan fingerprint density at radius 1 is 1.16 bits per heavy atom.